The van der Waals surface area contributed by atoms with Crippen molar-refractivity contribution < 1.29 is 32.2 Å². The maximum atomic E-state index is 13.4. The number of anilines is 2. The smallest absolute Gasteiger partial charge is 0.416 e. The van der Waals surface area contributed by atoms with E-state index in [0.717, 1.165) is 12.1 Å². The molecule has 180 valence electrons. The minimum atomic E-state index is -4.57. The maximum absolute atomic E-state index is 13.4. The number of pyridine rings is 1. The van der Waals surface area contributed by atoms with E-state index in [4.69, 9.17) is 15.2 Å². The van der Waals surface area contributed by atoms with Gasteiger partial charge in [0.2, 0.25) is 5.78 Å². The Morgan fingerprint density at radius 2 is 1.69 bits per heavy atom. The van der Waals surface area contributed by atoms with Crippen LogP contribution in [0.25, 0.3) is 5.52 Å². The van der Waals surface area contributed by atoms with Gasteiger partial charge in [-0.25, -0.2) is 0 Å². The molecular weight excluding hydrogens is 463 g/mol. The number of carbonyl (C=O) groups excluding carboxylic acids is 2. The van der Waals surface area contributed by atoms with Crippen LogP contribution in [0.4, 0.5) is 24.5 Å². The van der Waals surface area contributed by atoms with Gasteiger partial charge in [0, 0.05) is 17.4 Å². The first-order chi connectivity index (χ1) is 16.7. The van der Waals surface area contributed by atoms with Gasteiger partial charge in [-0.1, -0.05) is 12.1 Å². The summed E-state index contributed by atoms with van der Waals surface area (Å²) in [6.07, 6.45) is -3.00. The molecule has 1 amide bonds. The van der Waals surface area contributed by atoms with Crippen molar-refractivity contribution in [3.05, 3.63) is 89.2 Å². The van der Waals surface area contributed by atoms with Gasteiger partial charge in [-0.15, -0.1) is 0 Å². The van der Waals surface area contributed by atoms with E-state index in [1.807, 2.05) is 0 Å². The first-order valence-electron chi connectivity index (χ1n) is 10.3. The van der Waals surface area contributed by atoms with Crippen molar-refractivity contribution in [2.75, 3.05) is 25.3 Å². The Kier molecular flexibility index (Phi) is 6.12. The van der Waals surface area contributed by atoms with Crippen LogP contribution in [0.2, 0.25) is 0 Å². The number of hydrogen-bond acceptors (Lipinski definition) is 5. The van der Waals surface area contributed by atoms with Crippen molar-refractivity contribution in [1.29, 1.82) is 0 Å². The summed E-state index contributed by atoms with van der Waals surface area (Å²) in [5, 5.41) is 2.45. The van der Waals surface area contributed by atoms with Crippen LogP contribution in [-0.4, -0.2) is 30.3 Å². The minimum Gasteiger partial charge on any atom is -0.493 e. The number of methoxy groups -OCH3 is 2. The predicted octanol–water partition coefficient (Wildman–Crippen LogP) is 5.04. The third-order valence-electron chi connectivity index (χ3n) is 5.42. The molecule has 0 atom stereocenters. The van der Waals surface area contributed by atoms with E-state index in [9.17, 15) is 22.8 Å². The Hall–Kier alpha value is -4.47. The summed E-state index contributed by atoms with van der Waals surface area (Å²) in [5.74, 6) is -0.474. The van der Waals surface area contributed by atoms with Gasteiger partial charge in [0.05, 0.1) is 36.6 Å². The van der Waals surface area contributed by atoms with E-state index < -0.39 is 23.4 Å². The number of ketones is 1. The highest BCUT2D eigenvalue weighted by Crippen LogP contribution is 2.34. The number of nitrogens with two attached hydrogens (primary N) is 1. The first-order valence-corrected chi connectivity index (χ1v) is 10.3. The average molecular weight is 483 g/mol. The van der Waals surface area contributed by atoms with E-state index >= 15 is 0 Å². The standard InChI is InChI=1S/C25H20F3N3O4/c1-34-18-10-9-14(12-19(18)35-2)23(32)22-21(29)20(17-8-3-4-11-31(17)22)24(33)30-16-7-5-6-15(13-16)25(26,27)28/h3-13H,29H2,1-2H3,(H,30,33). The quantitative estimate of drug-likeness (QED) is 0.375. The number of amides is 1. The lowest BCUT2D eigenvalue weighted by atomic mass is 10.1. The summed E-state index contributed by atoms with van der Waals surface area (Å²) >= 11 is 0. The molecule has 10 heteroatoms. The number of nitrogens with zero attached hydrogens (tertiary/aromatic N) is 1. The number of aromatic nitrogens is 1. The second kappa shape index (κ2) is 9.05. The number of alkyl halides is 3. The number of ether oxygens (including phenoxy) is 2. The predicted molar refractivity (Wildman–Crippen MR) is 124 cm³/mol. The summed E-state index contributed by atoms with van der Waals surface area (Å²) in [5.41, 5.74) is 5.77. The van der Waals surface area contributed by atoms with Crippen molar-refractivity contribution >= 4 is 28.6 Å². The molecule has 35 heavy (non-hydrogen) atoms. The number of benzene rings is 2. The van der Waals surface area contributed by atoms with Gasteiger partial charge in [0.15, 0.2) is 11.5 Å². The topological polar surface area (TPSA) is 95.1 Å². The van der Waals surface area contributed by atoms with Crippen LogP contribution in [0, 0.1) is 0 Å². The molecule has 3 N–H and O–H groups in total. The molecule has 0 aliphatic heterocycles. The van der Waals surface area contributed by atoms with Crippen LogP contribution in [0.15, 0.2) is 66.9 Å². The molecule has 0 spiro atoms. The van der Waals surface area contributed by atoms with Gasteiger partial charge in [0.25, 0.3) is 5.91 Å². The highest BCUT2D eigenvalue weighted by molar-refractivity contribution is 6.20. The van der Waals surface area contributed by atoms with Crippen LogP contribution in [0.3, 0.4) is 0 Å². The van der Waals surface area contributed by atoms with Gasteiger partial charge in [0.1, 0.15) is 5.69 Å². The largest absolute Gasteiger partial charge is 0.493 e. The van der Waals surface area contributed by atoms with Crippen molar-refractivity contribution in [3.63, 3.8) is 0 Å². The van der Waals surface area contributed by atoms with Crippen LogP contribution in [-0.2, 0) is 6.18 Å². The summed E-state index contributed by atoms with van der Waals surface area (Å²) in [4.78, 5) is 26.6. The van der Waals surface area contributed by atoms with E-state index in [-0.39, 0.29) is 28.2 Å². The minimum absolute atomic E-state index is 0.0296. The van der Waals surface area contributed by atoms with Crippen LogP contribution < -0.4 is 20.5 Å². The molecule has 4 rings (SSSR count). The molecule has 7 nitrogen and oxygen atoms in total. The molecule has 0 aliphatic rings. The fourth-order valence-corrected chi connectivity index (χ4v) is 3.78. The number of nitrogen functional groups attached to an aromatic ring is 1. The zero-order valence-corrected chi connectivity index (χ0v) is 18.6. The lowest BCUT2D eigenvalue weighted by molar-refractivity contribution is -0.137. The maximum Gasteiger partial charge on any atom is 0.416 e. The summed E-state index contributed by atoms with van der Waals surface area (Å²) in [7, 11) is 2.90. The van der Waals surface area contributed by atoms with Gasteiger partial charge >= 0.3 is 6.18 Å². The van der Waals surface area contributed by atoms with Crippen LogP contribution >= 0.6 is 0 Å². The highest BCUT2D eigenvalue weighted by Gasteiger charge is 2.31. The Balaban J connectivity index is 1.77. The lowest BCUT2D eigenvalue weighted by Crippen LogP contribution is -2.15. The summed E-state index contributed by atoms with van der Waals surface area (Å²) < 4.78 is 51.1. The van der Waals surface area contributed by atoms with Crippen molar-refractivity contribution in [1.82, 2.24) is 4.40 Å². The second-order valence-corrected chi connectivity index (χ2v) is 7.52. The lowest BCUT2D eigenvalue weighted by Gasteiger charge is -2.10. The van der Waals surface area contributed by atoms with Gasteiger partial charge in [-0.2, -0.15) is 13.2 Å². The Labute approximate surface area is 197 Å². The molecule has 0 bridgehead atoms. The Bertz CT molecular complexity index is 1440. The molecule has 2 aromatic carbocycles. The monoisotopic (exact) mass is 483 g/mol. The first kappa shape index (κ1) is 23.7. The molecule has 0 saturated carbocycles. The Morgan fingerprint density at radius 3 is 2.37 bits per heavy atom. The number of hydrogen-bond donors (Lipinski definition) is 2. The number of carbonyl (C=O) groups is 2. The number of nitrogens with one attached hydrogen (secondary N) is 1. The van der Waals surface area contributed by atoms with E-state index in [1.54, 1.807) is 30.5 Å². The van der Waals surface area contributed by atoms with Crippen molar-refractivity contribution in [2.24, 2.45) is 0 Å². The third kappa shape index (κ3) is 4.37. The molecular formula is C25H20F3N3O4. The fourth-order valence-electron chi connectivity index (χ4n) is 3.78. The molecule has 4 aromatic rings. The SMILES string of the molecule is COc1ccc(C(=O)c2c(N)c(C(=O)Nc3cccc(C(F)(F)F)c3)c3ccccn23)cc1OC. The normalized spacial score (nSPS) is 11.3. The number of rotatable bonds is 6. The zero-order chi connectivity index (χ0) is 25.3. The van der Waals surface area contributed by atoms with E-state index in [0.29, 0.717) is 17.0 Å². The summed E-state index contributed by atoms with van der Waals surface area (Å²) in [6, 6.07) is 13.7. The van der Waals surface area contributed by atoms with Crippen molar-refractivity contribution in [3.8, 4) is 11.5 Å². The molecule has 0 aliphatic carbocycles. The molecule has 2 aromatic heterocycles. The molecule has 0 saturated heterocycles. The van der Waals surface area contributed by atoms with Crippen LogP contribution in [0.5, 0.6) is 11.5 Å². The highest BCUT2D eigenvalue weighted by atomic mass is 19.4. The third-order valence-corrected chi connectivity index (χ3v) is 5.42. The van der Waals surface area contributed by atoms with Gasteiger partial charge in [-0.3, -0.25) is 9.59 Å². The van der Waals surface area contributed by atoms with E-state index in [2.05, 4.69) is 5.32 Å². The zero-order valence-electron chi connectivity index (χ0n) is 18.6. The Morgan fingerprint density at radius 1 is 0.943 bits per heavy atom. The molecule has 0 fully saturated rings. The van der Waals surface area contributed by atoms with Crippen molar-refractivity contribution in [2.45, 2.75) is 6.18 Å². The van der Waals surface area contributed by atoms with Gasteiger partial charge < -0.3 is 24.9 Å². The molecule has 2 heterocycles. The average Bonchev–Trinajstić information content (AvgIpc) is 3.14. The molecule has 0 unspecified atom stereocenters. The van der Waals surface area contributed by atoms with Crippen LogP contribution in [0.1, 0.15) is 32.0 Å². The second-order valence-electron chi connectivity index (χ2n) is 7.52. The number of fused-ring (bicyclic) bond motifs is 1. The summed E-state index contributed by atoms with van der Waals surface area (Å²) in [6.45, 7) is 0. The van der Waals surface area contributed by atoms with E-state index in [1.165, 1.54) is 42.9 Å². The molecule has 0 radical (unpaired) electrons. The fraction of sp³-hybridized carbons (Fsp3) is 0.120. The number of halogens is 3. The van der Waals surface area contributed by atoms with Gasteiger partial charge in [-0.05, 0) is 48.5 Å².